The third-order valence-corrected chi connectivity index (χ3v) is 4.95. The Kier molecular flexibility index (Phi) is 2.49. The minimum Gasteiger partial charge on any atom is -0.316 e. The Balaban J connectivity index is 1.77. The molecule has 1 saturated carbocycles. The molecule has 1 aromatic carbocycles. The Bertz CT molecular complexity index is 334. The van der Waals surface area contributed by atoms with Crippen LogP contribution in [0.3, 0.4) is 0 Å². The summed E-state index contributed by atoms with van der Waals surface area (Å²) in [5.41, 5.74) is 1.55. The van der Waals surface area contributed by atoms with E-state index < -0.39 is 0 Å². The number of rotatable bonds is 3. The first-order valence-electron chi connectivity index (χ1n) is 5.80. The third-order valence-electron chi connectivity index (χ3n) is 3.54. The van der Waals surface area contributed by atoms with E-state index in [2.05, 4.69) is 48.4 Å². The number of fused-ring (bicyclic) bond motifs is 1. The molecule has 1 aliphatic heterocycles. The van der Waals surface area contributed by atoms with Crippen LogP contribution in [0.2, 0.25) is 0 Å². The standard InChI is InChI=1S/C13H17NS/c1-14-13(9-6-7-9)12-8-10-4-2-3-5-11(10)15-12/h2-5,9,12-14H,6-8H2,1H3. The summed E-state index contributed by atoms with van der Waals surface area (Å²) < 4.78 is 0. The molecule has 1 nitrogen and oxygen atoms in total. The molecule has 2 heteroatoms. The van der Waals surface area contributed by atoms with E-state index in [4.69, 9.17) is 0 Å². The first kappa shape index (κ1) is 9.73. The van der Waals surface area contributed by atoms with Crippen LogP contribution in [0.25, 0.3) is 0 Å². The Morgan fingerprint density at radius 2 is 2.13 bits per heavy atom. The number of thioether (sulfide) groups is 1. The van der Waals surface area contributed by atoms with Gasteiger partial charge in [0, 0.05) is 16.2 Å². The van der Waals surface area contributed by atoms with Gasteiger partial charge in [-0.25, -0.2) is 0 Å². The monoisotopic (exact) mass is 219 g/mol. The Labute approximate surface area is 95.6 Å². The molecule has 0 aromatic heterocycles. The first-order valence-corrected chi connectivity index (χ1v) is 6.68. The molecule has 0 radical (unpaired) electrons. The van der Waals surface area contributed by atoms with E-state index in [1.807, 2.05) is 0 Å². The molecule has 1 aliphatic carbocycles. The van der Waals surface area contributed by atoms with Crippen LogP contribution >= 0.6 is 11.8 Å². The van der Waals surface area contributed by atoms with Gasteiger partial charge in [0.2, 0.25) is 0 Å². The van der Waals surface area contributed by atoms with Gasteiger partial charge < -0.3 is 5.32 Å². The highest BCUT2D eigenvalue weighted by Gasteiger charge is 2.38. The van der Waals surface area contributed by atoms with Gasteiger partial charge in [-0.3, -0.25) is 0 Å². The molecular weight excluding hydrogens is 202 g/mol. The molecule has 2 unspecified atom stereocenters. The van der Waals surface area contributed by atoms with Crippen molar-refractivity contribution in [1.82, 2.24) is 5.32 Å². The normalized spacial score (nSPS) is 26.3. The van der Waals surface area contributed by atoms with Crippen molar-refractivity contribution in [3.63, 3.8) is 0 Å². The molecule has 1 aromatic rings. The van der Waals surface area contributed by atoms with Crippen LogP contribution in [-0.2, 0) is 6.42 Å². The fourth-order valence-corrected chi connectivity index (χ4v) is 4.14. The lowest BCUT2D eigenvalue weighted by molar-refractivity contribution is 0.485. The first-order chi connectivity index (χ1) is 7.38. The molecule has 1 fully saturated rings. The highest BCUT2D eigenvalue weighted by atomic mass is 32.2. The second kappa shape index (κ2) is 3.84. The quantitative estimate of drug-likeness (QED) is 0.839. The summed E-state index contributed by atoms with van der Waals surface area (Å²) in [6.45, 7) is 0. The van der Waals surface area contributed by atoms with Gasteiger partial charge >= 0.3 is 0 Å². The van der Waals surface area contributed by atoms with E-state index >= 15 is 0 Å². The van der Waals surface area contributed by atoms with Gasteiger partial charge in [-0.05, 0) is 43.9 Å². The van der Waals surface area contributed by atoms with Crippen LogP contribution in [0.1, 0.15) is 18.4 Å². The molecular formula is C13H17NS. The summed E-state index contributed by atoms with van der Waals surface area (Å²) in [6.07, 6.45) is 4.11. The largest absolute Gasteiger partial charge is 0.316 e. The van der Waals surface area contributed by atoms with Crippen molar-refractivity contribution in [2.24, 2.45) is 5.92 Å². The fourth-order valence-electron chi connectivity index (χ4n) is 2.59. The highest BCUT2D eigenvalue weighted by Crippen LogP contribution is 2.44. The number of benzene rings is 1. The van der Waals surface area contributed by atoms with Gasteiger partial charge in [0.1, 0.15) is 0 Å². The second-order valence-electron chi connectivity index (χ2n) is 4.62. The van der Waals surface area contributed by atoms with Crippen molar-refractivity contribution in [1.29, 1.82) is 0 Å². The minimum atomic E-state index is 0.724. The minimum absolute atomic E-state index is 0.724. The van der Waals surface area contributed by atoms with Gasteiger partial charge in [0.25, 0.3) is 0 Å². The van der Waals surface area contributed by atoms with Crippen molar-refractivity contribution in [2.75, 3.05) is 7.05 Å². The summed E-state index contributed by atoms with van der Waals surface area (Å²) in [5, 5.41) is 4.28. The number of nitrogens with one attached hydrogen (secondary N) is 1. The average molecular weight is 219 g/mol. The van der Waals surface area contributed by atoms with Crippen LogP contribution in [-0.4, -0.2) is 18.3 Å². The number of hydrogen-bond acceptors (Lipinski definition) is 2. The third kappa shape index (κ3) is 1.81. The van der Waals surface area contributed by atoms with Crippen molar-refractivity contribution in [3.8, 4) is 0 Å². The van der Waals surface area contributed by atoms with Crippen molar-refractivity contribution < 1.29 is 0 Å². The molecule has 15 heavy (non-hydrogen) atoms. The zero-order chi connectivity index (χ0) is 10.3. The van der Waals surface area contributed by atoms with Crippen molar-refractivity contribution in [3.05, 3.63) is 29.8 Å². The molecule has 2 aliphatic rings. The van der Waals surface area contributed by atoms with E-state index in [-0.39, 0.29) is 0 Å². The lowest BCUT2D eigenvalue weighted by Crippen LogP contribution is -2.37. The molecule has 80 valence electrons. The van der Waals surface area contributed by atoms with E-state index in [9.17, 15) is 0 Å². The van der Waals surface area contributed by atoms with Crippen LogP contribution in [0.5, 0.6) is 0 Å². The smallest absolute Gasteiger partial charge is 0.0291 e. The molecule has 3 rings (SSSR count). The van der Waals surface area contributed by atoms with E-state index in [0.29, 0.717) is 0 Å². The predicted molar refractivity (Wildman–Crippen MR) is 65.4 cm³/mol. The maximum Gasteiger partial charge on any atom is 0.0291 e. The molecule has 2 atom stereocenters. The van der Waals surface area contributed by atoms with E-state index in [1.54, 1.807) is 5.56 Å². The Morgan fingerprint density at radius 3 is 2.80 bits per heavy atom. The number of hydrogen-bond donors (Lipinski definition) is 1. The van der Waals surface area contributed by atoms with Gasteiger partial charge in [0.15, 0.2) is 0 Å². The summed E-state index contributed by atoms with van der Waals surface area (Å²) in [7, 11) is 2.12. The lowest BCUT2D eigenvalue weighted by atomic mass is 10.0. The van der Waals surface area contributed by atoms with Gasteiger partial charge in [0.05, 0.1) is 0 Å². The SMILES string of the molecule is CNC(C1CC1)C1Cc2ccccc2S1. The summed E-state index contributed by atoms with van der Waals surface area (Å²) in [5.74, 6) is 0.946. The van der Waals surface area contributed by atoms with Crippen LogP contribution in [0, 0.1) is 5.92 Å². The van der Waals surface area contributed by atoms with Crippen LogP contribution in [0.15, 0.2) is 29.2 Å². The zero-order valence-electron chi connectivity index (χ0n) is 9.07. The Morgan fingerprint density at radius 1 is 1.33 bits per heavy atom. The zero-order valence-corrected chi connectivity index (χ0v) is 9.89. The van der Waals surface area contributed by atoms with Crippen LogP contribution in [0.4, 0.5) is 0 Å². The predicted octanol–water partition coefficient (Wildman–Crippen LogP) is 2.70. The summed E-state index contributed by atoms with van der Waals surface area (Å²) in [6, 6.07) is 9.58. The second-order valence-corrected chi connectivity index (χ2v) is 5.90. The van der Waals surface area contributed by atoms with Gasteiger partial charge in [-0.15, -0.1) is 11.8 Å². The summed E-state index contributed by atoms with van der Waals surface area (Å²) in [4.78, 5) is 1.50. The highest BCUT2D eigenvalue weighted by molar-refractivity contribution is 8.00. The Hall–Kier alpha value is -0.470. The molecule has 1 N–H and O–H groups in total. The summed E-state index contributed by atoms with van der Waals surface area (Å²) >= 11 is 2.07. The van der Waals surface area contributed by atoms with E-state index in [1.165, 1.54) is 24.2 Å². The topological polar surface area (TPSA) is 12.0 Å². The van der Waals surface area contributed by atoms with Gasteiger partial charge in [-0.1, -0.05) is 18.2 Å². The van der Waals surface area contributed by atoms with Crippen LogP contribution < -0.4 is 5.32 Å². The molecule has 0 saturated heterocycles. The molecule has 0 bridgehead atoms. The fraction of sp³-hybridized carbons (Fsp3) is 0.538. The van der Waals surface area contributed by atoms with Crippen molar-refractivity contribution in [2.45, 2.75) is 35.4 Å². The molecule has 0 spiro atoms. The van der Waals surface area contributed by atoms with E-state index in [0.717, 1.165) is 17.2 Å². The lowest BCUT2D eigenvalue weighted by Gasteiger charge is -2.21. The maximum absolute atomic E-state index is 3.52. The average Bonchev–Trinajstić information content (AvgIpc) is 2.99. The van der Waals surface area contributed by atoms with Gasteiger partial charge in [-0.2, -0.15) is 0 Å². The maximum atomic E-state index is 3.52. The molecule has 0 amide bonds. The molecule has 1 heterocycles. The van der Waals surface area contributed by atoms with Crippen molar-refractivity contribution >= 4 is 11.8 Å².